The standard InChI is InChI=1S/C20H17ClF4N2O3/c21-13-3-1-12(2-4-13)9-26-5-7-27(8-6-26)15(29)11-30-20-18(24)16(22)14(10-28)17(23)19(20)25/h1-4,10H,5-9,11H2. The van der Waals surface area contributed by atoms with E-state index in [0.29, 0.717) is 37.7 Å². The molecule has 2 aromatic carbocycles. The number of carbonyl (C=O) groups excluding carboxylic acids is 2. The highest BCUT2D eigenvalue weighted by Gasteiger charge is 2.28. The van der Waals surface area contributed by atoms with E-state index in [1.807, 2.05) is 12.1 Å². The molecule has 3 rings (SSSR count). The van der Waals surface area contributed by atoms with Crippen molar-refractivity contribution in [3.63, 3.8) is 0 Å². The first-order valence-electron chi connectivity index (χ1n) is 9.00. The molecule has 0 saturated carbocycles. The van der Waals surface area contributed by atoms with Gasteiger partial charge in [0, 0.05) is 37.7 Å². The van der Waals surface area contributed by atoms with Gasteiger partial charge in [-0.15, -0.1) is 0 Å². The monoisotopic (exact) mass is 444 g/mol. The zero-order valence-corrected chi connectivity index (χ0v) is 16.4. The number of carbonyl (C=O) groups is 2. The zero-order valence-electron chi connectivity index (χ0n) is 15.6. The molecule has 1 aliphatic heterocycles. The fraction of sp³-hybridized carbons (Fsp3) is 0.300. The summed E-state index contributed by atoms with van der Waals surface area (Å²) in [6.07, 6.45) is -0.338. The molecule has 1 heterocycles. The first kappa shape index (κ1) is 22.0. The third-order valence-electron chi connectivity index (χ3n) is 4.76. The van der Waals surface area contributed by atoms with Gasteiger partial charge in [-0.3, -0.25) is 14.5 Å². The van der Waals surface area contributed by atoms with Crippen molar-refractivity contribution in [2.75, 3.05) is 32.8 Å². The Morgan fingerprint density at radius 2 is 1.53 bits per heavy atom. The normalized spacial score (nSPS) is 14.6. The number of halogens is 5. The lowest BCUT2D eigenvalue weighted by molar-refractivity contribution is -0.135. The Kier molecular flexibility index (Phi) is 6.94. The van der Waals surface area contributed by atoms with Crippen LogP contribution in [0.15, 0.2) is 24.3 Å². The van der Waals surface area contributed by atoms with Crippen LogP contribution in [0.4, 0.5) is 17.6 Å². The average Bonchev–Trinajstić information content (AvgIpc) is 2.75. The second-order valence-electron chi connectivity index (χ2n) is 6.69. The maximum Gasteiger partial charge on any atom is 0.260 e. The number of hydrogen-bond donors (Lipinski definition) is 0. The molecule has 2 aromatic rings. The van der Waals surface area contributed by atoms with Crippen LogP contribution < -0.4 is 4.74 Å². The van der Waals surface area contributed by atoms with Gasteiger partial charge >= 0.3 is 0 Å². The summed E-state index contributed by atoms with van der Waals surface area (Å²) in [5, 5.41) is 0.641. The molecule has 0 radical (unpaired) electrons. The lowest BCUT2D eigenvalue weighted by Gasteiger charge is -2.34. The maximum atomic E-state index is 13.9. The van der Waals surface area contributed by atoms with E-state index < -0.39 is 47.1 Å². The lowest BCUT2D eigenvalue weighted by Crippen LogP contribution is -2.49. The highest BCUT2D eigenvalue weighted by Crippen LogP contribution is 2.29. The van der Waals surface area contributed by atoms with E-state index >= 15 is 0 Å². The molecule has 1 saturated heterocycles. The fourth-order valence-electron chi connectivity index (χ4n) is 3.09. The molecule has 0 spiro atoms. The van der Waals surface area contributed by atoms with Gasteiger partial charge < -0.3 is 9.64 Å². The summed E-state index contributed by atoms with van der Waals surface area (Å²) in [5.41, 5.74) is -0.309. The summed E-state index contributed by atoms with van der Waals surface area (Å²) in [7, 11) is 0. The number of aldehydes is 1. The minimum atomic E-state index is -1.87. The van der Waals surface area contributed by atoms with Crippen molar-refractivity contribution in [2.24, 2.45) is 0 Å². The first-order valence-corrected chi connectivity index (χ1v) is 9.38. The zero-order chi connectivity index (χ0) is 21.8. The van der Waals surface area contributed by atoms with Gasteiger partial charge in [0.15, 0.2) is 30.3 Å². The van der Waals surface area contributed by atoms with Crippen molar-refractivity contribution in [2.45, 2.75) is 6.54 Å². The minimum Gasteiger partial charge on any atom is -0.477 e. The summed E-state index contributed by atoms with van der Waals surface area (Å²) in [6, 6.07) is 7.40. The second kappa shape index (κ2) is 9.44. The second-order valence-corrected chi connectivity index (χ2v) is 7.13. The lowest BCUT2D eigenvalue weighted by atomic mass is 10.2. The van der Waals surface area contributed by atoms with Gasteiger partial charge in [0.25, 0.3) is 5.91 Å². The molecule has 0 aromatic heterocycles. The van der Waals surface area contributed by atoms with Crippen LogP contribution in [0.3, 0.4) is 0 Å². The van der Waals surface area contributed by atoms with Crippen molar-refractivity contribution in [3.8, 4) is 5.75 Å². The summed E-state index contributed by atoms with van der Waals surface area (Å²) in [6.45, 7) is 1.71. The summed E-state index contributed by atoms with van der Waals surface area (Å²) in [5.74, 6) is -9.43. The number of ether oxygens (including phenoxy) is 1. The van der Waals surface area contributed by atoms with E-state index in [-0.39, 0.29) is 6.29 Å². The smallest absolute Gasteiger partial charge is 0.260 e. The Morgan fingerprint density at radius 3 is 2.07 bits per heavy atom. The third kappa shape index (κ3) is 4.73. The van der Waals surface area contributed by atoms with Crippen LogP contribution in [0.5, 0.6) is 5.75 Å². The molecule has 1 aliphatic rings. The molecule has 160 valence electrons. The summed E-state index contributed by atoms with van der Waals surface area (Å²) >= 11 is 5.86. The number of piperazine rings is 1. The molecule has 0 N–H and O–H groups in total. The van der Waals surface area contributed by atoms with E-state index in [9.17, 15) is 27.2 Å². The number of hydrogen-bond acceptors (Lipinski definition) is 4. The van der Waals surface area contributed by atoms with E-state index in [1.165, 1.54) is 4.90 Å². The third-order valence-corrected chi connectivity index (χ3v) is 5.01. The molecule has 0 atom stereocenters. The Bertz CT molecular complexity index is 919. The molecule has 1 amide bonds. The van der Waals surface area contributed by atoms with Gasteiger partial charge in [-0.1, -0.05) is 23.7 Å². The van der Waals surface area contributed by atoms with Crippen molar-refractivity contribution >= 4 is 23.8 Å². The van der Waals surface area contributed by atoms with E-state index in [2.05, 4.69) is 4.90 Å². The van der Waals surface area contributed by atoms with Crippen molar-refractivity contribution in [1.29, 1.82) is 0 Å². The first-order chi connectivity index (χ1) is 14.3. The average molecular weight is 445 g/mol. The number of benzene rings is 2. The number of rotatable bonds is 6. The Morgan fingerprint density at radius 1 is 0.967 bits per heavy atom. The number of amides is 1. The van der Waals surface area contributed by atoms with E-state index in [0.717, 1.165) is 5.56 Å². The molecule has 5 nitrogen and oxygen atoms in total. The summed E-state index contributed by atoms with van der Waals surface area (Å²) in [4.78, 5) is 26.4. The predicted molar refractivity (Wildman–Crippen MR) is 100 cm³/mol. The van der Waals surface area contributed by atoms with Gasteiger partial charge in [0.2, 0.25) is 11.6 Å². The molecule has 1 fully saturated rings. The van der Waals surface area contributed by atoms with Crippen LogP contribution >= 0.6 is 11.6 Å². The summed E-state index contributed by atoms with van der Waals surface area (Å²) < 4.78 is 59.7. The molecule has 10 heteroatoms. The predicted octanol–water partition coefficient (Wildman–Crippen LogP) is 3.43. The van der Waals surface area contributed by atoms with Crippen molar-refractivity contribution in [1.82, 2.24) is 9.80 Å². The van der Waals surface area contributed by atoms with Gasteiger partial charge in [-0.05, 0) is 17.7 Å². The van der Waals surface area contributed by atoms with Crippen LogP contribution in [-0.4, -0.2) is 54.8 Å². The molecule has 0 aliphatic carbocycles. The Balaban J connectivity index is 1.55. The molecular formula is C20H17ClF4N2O3. The van der Waals surface area contributed by atoms with E-state index in [4.69, 9.17) is 16.3 Å². The van der Waals surface area contributed by atoms with Crippen LogP contribution in [-0.2, 0) is 11.3 Å². The number of nitrogens with zero attached hydrogens (tertiary/aromatic N) is 2. The van der Waals surface area contributed by atoms with Gasteiger partial charge in [-0.2, -0.15) is 8.78 Å². The molecule has 0 bridgehead atoms. The highest BCUT2D eigenvalue weighted by molar-refractivity contribution is 6.30. The largest absolute Gasteiger partial charge is 0.477 e. The van der Waals surface area contributed by atoms with Crippen LogP contribution in [0.2, 0.25) is 5.02 Å². The molecule has 30 heavy (non-hydrogen) atoms. The van der Waals surface area contributed by atoms with Crippen LogP contribution in [0.1, 0.15) is 15.9 Å². The van der Waals surface area contributed by atoms with Crippen LogP contribution in [0.25, 0.3) is 0 Å². The minimum absolute atomic E-state index is 0.338. The maximum absolute atomic E-state index is 13.9. The quantitative estimate of drug-likeness (QED) is 0.389. The topological polar surface area (TPSA) is 49.9 Å². The van der Waals surface area contributed by atoms with Crippen molar-refractivity contribution < 1.29 is 31.9 Å². The molecule has 0 unspecified atom stereocenters. The Labute approximate surface area is 174 Å². The highest BCUT2D eigenvalue weighted by atomic mass is 35.5. The Hall–Kier alpha value is -2.65. The van der Waals surface area contributed by atoms with E-state index in [1.54, 1.807) is 12.1 Å². The SMILES string of the molecule is O=Cc1c(F)c(F)c(OCC(=O)N2CCN(Cc3ccc(Cl)cc3)CC2)c(F)c1F. The van der Waals surface area contributed by atoms with Crippen molar-refractivity contribution in [3.05, 3.63) is 63.7 Å². The molecular weight excluding hydrogens is 428 g/mol. The van der Waals surface area contributed by atoms with Gasteiger partial charge in [0.1, 0.15) is 0 Å². The van der Waals surface area contributed by atoms with Crippen LogP contribution in [0, 0.1) is 23.3 Å². The fourth-order valence-corrected chi connectivity index (χ4v) is 3.21. The van der Waals surface area contributed by atoms with Gasteiger partial charge in [-0.25, -0.2) is 8.78 Å². The van der Waals surface area contributed by atoms with Gasteiger partial charge in [0.05, 0.1) is 5.56 Å².